The summed E-state index contributed by atoms with van der Waals surface area (Å²) >= 11 is 0. The van der Waals surface area contributed by atoms with Crippen molar-refractivity contribution in [1.29, 1.82) is 0 Å². The van der Waals surface area contributed by atoms with Crippen molar-refractivity contribution in [3.8, 4) is 11.5 Å². The van der Waals surface area contributed by atoms with E-state index < -0.39 is 0 Å². The zero-order valence-electron chi connectivity index (χ0n) is 11.4. The summed E-state index contributed by atoms with van der Waals surface area (Å²) in [6.07, 6.45) is 3.68. The Morgan fingerprint density at radius 2 is 2.16 bits per heavy atom. The van der Waals surface area contributed by atoms with E-state index in [4.69, 9.17) is 14.2 Å². The zero-order chi connectivity index (χ0) is 13.1. The van der Waals surface area contributed by atoms with Crippen molar-refractivity contribution in [3.05, 3.63) is 23.8 Å². The van der Waals surface area contributed by atoms with Crippen molar-refractivity contribution >= 4 is 0 Å². The molecular weight excluding hydrogens is 242 g/mol. The van der Waals surface area contributed by atoms with Crippen LogP contribution in [0, 0.1) is 5.92 Å². The molecule has 1 N–H and O–H groups in total. The van der Waals surface area contributed by atoms with Gasteiger partial charge in [-0.05, 0) is 49.4 Å². The Morgan fingerprint density at radius 3 is 2.95 bits per heavy atom. The van der Waals surface area contributed by atoms with Crippen molar-refractivity contribution in [1.82, 2.24) is 5.32 Å². The number of ether oxygens (including phenoxy) is 3. The molecular formula is C15H21NO3. The molecule has 104 valence electrons. The summed E-state index contributed by atoms with van der Waals surface area (Å²) < 4.78 is 16.0. The lowest BCUT2D eigenvalue weighted by Gasteiger charge is -2.17. The first-order chi connectivity index (χ1) is 9.36. The van der Waals surface area contributed by atoms with Crippen LogP contribution in [0.3, 0.4) is 0 Å². The lowest BCUT2D eigenvalue weighted by Crippen LogP contribution is -2.36. The van der Waals surface area contributed by atoms with Gasteiger partial charge >= 0.3 is 0 Å². The van der Waals surface area contributed by atoms with Gasteiger partial charge in [-0.3, -0.25) is 0 Å². The summed E-state index contributed by atoms with van der Waals surface area (Å²) in [6.45, 7) is 2.13. The Morgan fingerprint density at radius 1 is 1.32 bits per heavy atom. The fourth-order valence-electron chi connectivity index (χ4n) is 2.54. The summed E-state index contributed by atoms with van der Waals surface area (Å²) in [6, 6.07) is 6.69. The Balaban J connectivity index is 1.49. The molecule has 1 aromatic rings. The number of hydrogen-bond donors (Lipinski definition) is 1. The number of fused-ring (bicyclic) bond motifs is 1. The van der Waals surface area contributed by atoms with Crippen LogP contribution in [0.2, 0.25) is 0 Å². The van der Waals surface area contributed by atoms with Crippen LogP contribution in [0.25, 0.3) is 0 Å². The van der Waals surface area contributed by atoms with Gasteiger partial charge in [-0.25, -0.2) is 0 Å². The van der Waals surface area contributed by atoms with E-state index in [0.717, 1.165) is 37.0 Å². The number of rotatable bonds is 7. The largest absolute Gasteiger partial charge is 0.454 e. The molecule has 3 rings (SSSR count). The predicted octanol–water partition coefficient (Wildman–Crippen LogP) is 1.97. The fourth-order valence-corrected chi connectivity index (χ4v) is 2.54. The molecule has 1 atom stereocenters. The topological polar surface area (TPSA) is 39.7 Å². The van der Waals surface area contributed by atoms with Gasteiger partial charge in [0.1, 0.15) is 0 Å². The highest BCUT2D eigenvalue weighted by atomic mass is 16.7. The van der Waals surface area contributed by atoms with Crippen molar-refractivity contribution in [2.45, 2.75) is 25.3 Å². The van der Waals surface area contributed by atoms with Crippen LogP contribution in [0.15, 0.2) is 18.2 Å². The normalized spacial score (nSPS) is 18.6. The standard InChI is InChI=1S/C15H21NO3/c1-17-9-13(12-3-4-12)16-7-6-11-2-5-14-15(8-11)19-10-18-14/h2,5,8,12-13,16H,3-4,6-7,9-10H2,1H3/t13-/m1/s1. The zero-order valence-corrected chi connectivity index (χ0v) is 11.4. The third-order valence-electron chi connectivity index (χ3n) is 3.79. The first-order valence-corrected chi connectivity index (χ1v) is 6.97. The van der Waals surface area contributed by atoms with Crippen LogP contribution in [0.5, 0.6) is 11.5 Å². The van der Waals surface area contributed by atoms with Gasteiger partial charge < -0.3 is 19.5 Å². The van der Waals surface area contributed by atoms with Crippen molar-refractivity contribution in [3.63, 3.8) is 0 Å². The maximum atomic E-state index is 5.39. The molecule has 1 aliphatic heterocycles. The molecule has 1 aromatic carbocycles. The average Bonchev–Trinajstić information content (AvgIpc) is 3.16. The van der Waals surface area contributed by atoms with Crippen molar-refractivity contribution in [2.24, 2.45) is 5.92 Å². The number of hydrogen-bond acceptors (Lipinski definition) is 4. The fraction of sp³-hybridized carbons (Fsp3) is 0.600. The second-order valence-electron chi connectivity index (χ2n) is 5.29. The molecule has 0 amide bonds. The smallest absolute Gasteiger partial charge is 0.231 e. The number of benzene rings is 1. The van der Waals surface area contributed by atoms with E-state index in [9.17, 15) is 0 Å². The second-order valence-corrected chi connectivity index (χ2v) is 5.29. The van der Waals surface area contributed by atoms with Crippen molar-refractivity contribution < 1.29 is 14.2 Å². The Labute approximate surface area is 114 Å². The van der Waals surface area contributed by atoms with E-state index >= 15 is 0 Å². The summed E-state index contributed by atoms with van der Waals surface area (Å²) in [5.41, 5.74) is 1.28. The summed E-state index contributed by atoms with van der Waals surface area (Å²) in [7, 11) is 1.77. The van der Waals surface area contributed by atoms with E-state index in [1.54, 1.807) is 7.11 Å². The second kappa shape index (κ2) is 5.80. The van der Waals surface area contributed by atoms with E-state index in [-0.39, 0.29) is 0 Å². The molecule has 4 heteroatoms. The minimum atomic E-state index is 0.342. The monoisotopic (exact) mass is 263 g/mol. The van der Waals surface area contributed by atoms with Crippen LogP contribution in [-0.2, 0) is 11.2 Å². The molecule has 0 spiro atoms. The van der Waals surface area contributed by atoms with E-state index in [1.807, 2.05) is 6.07 Å². The maximum Gasteiger partial charge on any atom is 0.231 e. The Bertz CT molecular complexity index is 431. The van der Waals surface area contributed by atoms with Gasteiger partial charge in [0.15, 0.2) is 11.5 Å². The summed E-state index contributed by atoms with van der Waals surface area (Å²) in [5, 5.41) is 3.60. The molecule has 19 heavy (non-hydrogen) atoms. The SMILES string of the molecule is COC[C@@H](NCCc1ccc2c(c1)OCO2)C1CC1. The molecule has 2 aliphatic rings. The molecule has 4 nitrogen and oxygen atoms in total. The van der Waals surface area contributed by atoms with Gasteiger partial charge in [-0.15, -0.1) is 0 Å². The summed E-state index contributed by atoms with van der Waals surface area (Å²) in [4.78, 5) is 0. The molecule has 0 radical (unpaired) electrons. The lowest BCUT2D eigenvalue weighted by molar-refractivity contribution is 0.158. The first-order valence-electron chi connectivity index (χ1n) is 6.97. The molecule has 1 fully saturated rings. The first kappa shape index (κ1) is 12.8. The lowest BCUT2D eigenvalue weighted by atomic mass is 10.1. The molecule has 1 heterocycles. The minimum Gasteiger partial charge on any atom is -0.454 e. The third-order valence-corrected chi connectivity index (χ3v) is 3.79. The Hall–Kier alpha value is -1.26. The molecule has 0 aromatic heterocycles. The number of methoxy groups -OCH3 is 1. The van der Waals surface area contributed by atoms with Crippen LogP contribution in [-0.4, -0.2) is 33.1 Å². The predicted molar refractivity (Wildman–Crippen MR) is 72.7 cm³/mol. The van der Waals surface area contributed by atoms with Gasteiger partial charge in [-0.1, -0.05) is 6.07 Å². The molecule has 0 unspecified atom stereocenters. The number of nitrogens with one attached hydrogen (secondary N) is 1. The highest BCUT2D eigenvalue weighted by Gasteiger charge is 2.30. The van der Waals surface area contributed by atoms with Crippen LogP contribution < -0.4 is 14.8 Å². The van der Waals surface area contributed by atoms with E-state index in [2.05, 4.69) is 17.4 Å². The van der Waals surface area contributed by atoms with Crippen LogP contribution in [0.4, 0.5) is 0 Å². The highest BCUT2D eigenvalue weighted by Crippen LogP contribution is 2.33. The van der Waals surface area contributed by atoms with E-state index in [1.165, 1.54) is 18.4 Å². The van der Waals surface area contributed by atoms with Crippen molar-refractivity contribution in [2.75, 3.05) is 27.1 Å². The quantitative estimate of drug-likeness (QED) is 0.816. The van der Waals surface area contributed by atoms with Gasteiger partial charge in [0.25, 0.3) is 0 Å². The molecule has 1 aliphatic carbocycles. The average molecular weight is 263 g/mol. The minimum absolute atomic E-state index is 0.342. The van der Waals surface area contributed by atoms with E-state index in [0.29, 0.717) is 12.8 Å². The maximum absolute atomic E-state index is 5.39. The third kappa shape index (κ3) is 3.19. The Kier molecular flexibility index (Phi) is 3.89. The molecule has 0 saturated heterocycles. The van der Waals surface area contributed by atoms with Gasteiger partial charge in [0, 0.05) is 13.2 Å². The van der Waals surface area contributed by atoms with Crippen LogP contribution in [0.1, 0.15) is 18.4 Å². The van der Waals surface area contributed by atoms with Gasteiger partial charge in [0.2, 0.25) is 6.79 Å². The summed E-state index contributed by atoms with van der Waals surface area (Å²) in [5.74, 6) is 2.54. The van der Waals surface area contributed by atoms with Gasteiger partial charge in [0.05, 0.1) is 6.61 Å². The molecule has 0 bridgehead atoms. The highest BCUT2D eigenvalue weighted by molar-refractivity contribution is 5.44. The van der Waals surface area contributed by atoms with Crippen LogP contribution >= 0.6 is 0 Å². The molecule has 1 saturated carbocycles. The van der Waals surface area contributed by atoms with Gasteiger partial charge in [-0.2, -0.15) is 0 Å².